The van der Waals surface area contributed by atoms with Gasteiger partial charge < -0.3 is 0 Å². The fraction of sp³-hybridized carbons (Fsp3) is 0.778. The SMILES string of the molecule is CC1(C)CC1C(Br)C(Br)C=C(Cl)Cl. The first kappa shape index (κ1) is 12.4. The minimum absolute atomic E-state index is 0.212. The molecule has 0 saturated heterocycles. The Morgan fingerprint density at radius 2 is 1.92 bits per heavy atom. The van der Waals surface area contributed by atoms with E-state index in [-0.39, 0.29) is 4.83 Å². The fourth-order valence-electron chi connectivity index (χ4n) is 1.49. The van der Waals surface area contributed by atoms with Gasteiger partial charge in [0.1, 0.15) is 4.49 Å². The van der Waals surface area contributed by atoms with E-state index in [0.717, 1.165) is 0 Å². The van der Waals surface area contributed by atoms with Gasteiger partial charge in [-0.05, 0) is 23.8 Å². The summed E-state index contributed by atoms with van der Waals surface area (Å²) in [4.78, 5) is 0.624. The minimum atomic E-state index is 0.212. The highest BCUT2D eigenvalue weighted by atomic mass is 79.9. The Balaban J connectivity index is 2.50. The largest absolute Gasteiger partial charge is 0.104 e. The van der Waals surface area contributed by atoms with E-state index >= 15 is 0 Å². The molecule has 3 atom stereocenters. The molecule has 0 heterocycles. The lowest BCUT2D eigenvalue weighted by atomic mass is 10.1. The monoisotopic (exact) mass is 348 g/mol. The van der Waals surface area contributed by atoms with Gasteiger partial charge in [-0.2, -0.15) is 0 Å². The number of hydrogen-bond donors (Lipinski definition) is 0. The summed E-state index contributed by atoms with van der Waals surface area (Å²) in [5, 5.41) is 0. The van der Waals surface area contributed by atoms with Crippen LogP contribution in [0.1, 0.15) is 20.3 Å². The maximum Gasteiger partial charge on any atom is 0.104 e. The predicted octanol–water partition coefficient (Wildman–Crippen LogP) is 4.88. The third-order valence-corrected chi connectivity index (χ3v) is 5.57. The van der Waals surface area contributed by atoms with Crippen molar-refractivity contribution < 1.29 is 0 Å². The van der Waals surface area contributed by atoms with Gasteiger partial charge in [-0.1, -0.05) is 68.9 Å². The molecule has 1 fully saturated rings. The zero-order chi connectivity index (χ0) is 10.2. The van der Waals surface area contributed by atoms with Gasteiger partial charge >= 0.3 is 0 Å². The Labute approximate surface area is 106 Å². The van der Waals surface area contributed by atoms with Gasteiger partial charge in [0.2, 0.25) is 0 Å². The number of rotatable bonds is 3. The second-order valence-electron chi connectivity index (χ2n) is 4.14. The van der Waals surface area contributed by atoms with E-state index in [1.807, 2.05) is 6.08 Å². The molecule has 4 heteroatoms. The van der Waals surface area contributed by atoms with Crippen LogP contribution >= 0.6 is 55.1 Å². The van der Waals surface area contributed by atoms with E-state index in [1.165, 1.54) is 6.42 Å². The summed E-state index contributed by atoms with van der Waals surface area (Å²) in [6, 6.07) is 0. The number of halogens is 4. The predicted molar refractivity (Wildman–Crippen MR) is 67.1 cm³/mol. The van der Waals surface area contributed by atoms with Crippen molar-refractivity contribution in [1.29, 1.82) is 0 Å². The Morgan fingerprint density at radius 1 is 1.46 bits per heavy atom. The molecule has 1 saturated carbocycles. The van der Waals surface area contributed by atoms with Gasteiger partial charge in [0.05, 0.1) is 0 Å². The highest BCUT2D eigenvalue weighted by Gasteiger charge is 2.50. The molecule has 0 aromatic rings. The van der Waals surface area contributed by atoms with Crippen molar-refractivity contribution in [2.45, 2.75) is 29.9 Å². The molecular weight excluding hydrogens is 339 g/mol. The van der Waals surface area contributed by atoms with Crippen molar-refractivity contribution in [3.8, 4) is 0 Å². The van der Waals surface area contributed by atoms with Crippen LogP contribution in [0, 0.1) is 11.3 Å². The highest BCUT2D eigenvalue weighted by Crippen LogP contribution is 2.56. The molecule has 0 aromatic heterocycles. The first-order valence-electron chi connectivity index (χ1n) is 4.15. The molecule has 0 nitrogen and oxygen atoms in total. The van der Waals surface area contributed by atoms with Crippen LogP contribution in [0.3, 0.4) is 0 Å². The van der Waals surface area contributed by atoms with Crippen molar-refractivity contribution in [2.75, 3.05) is 0 Å². The lowest BCUT2D eigenvalue weighted by Gasteiger charge is -2.14. The summed E-state index contributed by atoms with van der Waals surface area (Å²) in [7, 11) is 0. The van der Waals surface area contributed by atoms with Gasteiger partial charge in [0.25, 0.3) is 0 Å². The minimum Gasteiger partial charge on any atom is -0.0872 e. The highest BCUT2D eigenvalue weighted by molar-refractivity contribution is 9.12. The van der Waals surface area contributed by atoms with Crippen molar-refractivity contribution in [3.05, 3.63) is 10.6 Å². The molecule has 1 rings (SSSR count). The van der Waals surface area contributed by atoms with Crippen LogP contribution in [-0.4, -0.2) is 9.65 Å². The molecule has 13 heavy (non-hydrogen) atoms. The molecule has 0 bridgehead atoms. The molecule has 1 aliphatic carbocycles. The van der Waals surface area contributed by atoms with Crippen molar-refractivity contribution in [3.63, 3.8) is 0 Å². The van der Waals surface area contributed by atoms with Crippen LogP contribution < -0.4 is 0 Å². The van der Waals surface area contributed by atoms with Crippen LogP contribution in [0.5, 0.6) is 0 Å². The zero-order valence-electron chi connectivity index (χ0n) is 7.53. The number of allylic oxidation sites excluding steroid dienone is 1. The molecule has 0 radical (unpaired) electrons. The number of alkyl halides is 2. The van der Waals surface area contributed by atoms with Crippen molar-refractivity contribution in [2.24, 2.45) is 11.3 Å². The Hall–Kier alpha value is 1.28. The fourth-order valence-corrected chi connectivity index (χ4v) is 3.75. The summed E-state index contributed by atoms with van der Waals surface area (Å²) in [5.41, 5.74) is 0.465. The van der Waals surface area contributed by atoms with Crippen LogP contribution in [0.25, 0.3) is 0 Å². The summed E-state index contributed by atoms with van der Waals surface area (Å²) >= 11 is 18.4. The molecule has 0 N–H and O–H groups in total. The molecule has 0 aromatic carbocycles. The standard InChI is InChI=1S/C9H12Br2Cl2/c1-9(2)4-5(9)8(11)6(10)3-7(12)13/h3,5-6,8H,4H2,1-2H3. The first-order valence-corrected chi connectivity index (χ1v) is 6.74. The second-order valence-corrected chi connectivity index (χ2v) is 7.27. The van der Waals surface area contributed by atoms with Crippen LogP contribution in [0.15, 0.2) is 10.6 Å². The van der Waals surface area contributed by atoms with E-state index < -0.39 is 0 Å². The van der Waals surface area contributed by atoms with E-state index in [9.17, 15) is 0 Å². The molecule has 76 valence electrons. The van der Waals surface area contributed by atoms with E-state index in [1.54, 1.807) is 0 Å². The molecule has 0 spiro atoms. The lowest BCUT2D eigenvalue weighted by molar-refractivity contribution is 0.552. The molecule has 3 unspecified atom stereocenters. The average Bonchev–Trinajstić information content (AvgIpc) is 2.57. The van der Waals surface area contributed by atoms with Gasteiger partial charge in [-0.25, -0.2) is 0 Å². The van der Waals surface area contributed by atoms with E-state index in [2.05, 4.69) is 45.7 Å². The van der Waals surface area contributed by atoms with E-state index in [0.29, 0.717) is 20.7 Å². The average molecular weight is 351 g/mol. The second kappa shape index (κ2) is 4.42. The molecule has 0 aliphatic heterocycles. The van der Waals surface area contributed by atoms with Crippen molar-refractivity contribution >= 4 is 55.1 Å². The van der Waals surface area contributed by atoms with Gasteiger partial charge in [0.15, 0.2) is 0 Å². The van der Waals surface area contributed by atoms with Crippen LogP contribution in [0.4, 0.5) is 0 Å². The zero-order valence-corrected chi connectivity index (χ0v) is 12.2. The molecule has 0 amide bonds. The molecule has 1 aliphatic rings. The van der Waals surface area contributed by atoms with Gasteiger partial charge in [-0.3, -0.25) is 0 Å². The summed E-state index contributed by atoms with van der Waals surface area (Å²) in [6.07, 6.45) is 3.08. The normalized spacial score (nSPS) is 29.2. The van der Waals surface area contributed by atoms with Crippen LogP contribution in [0.2, 0.25) is 0 Å². The third-order valence-electron chi connectivity index (χ3n) is 2.56. The Bertz CT molecular complexity index is 222. The summed E-state index contributed by atoms with van der Waals surface area (Å²) in [6.45, 7) is 4.55. The maximum atomic E-state index is 5.59. The first-order chi connectivity index (χ1) is 5.84. The van der Waals surface area contributed by atoms with Gasteiger partial charge in [-0.15, -0.1) is 0 Å². The maximum absolute atomic E-state index is 5.59. The van der Waals surface area contributed by atoms with E-state index in [4.69, 9.17) is 23.2 Å². The van der Waals surface area contributed by atoms with Crippen LogP contribution in [-0.2, 0) is 0 Å². The molecular formula is C9H12Br2Cl2. The van der Waals surface area contributed by atoms with Gasteiger partial charge in [0, 0.05) is 9.65 Å². The quantitative estimate of drug-likeness (QED) is 0.636. The summed E-state index contributed by atoms with van der Waals surface area (Å²) in [5.74, 6) is 0.709. The smallest absolute Gasteiger partial charge is 0.0872 e. The Morgan fingerprint density at radius 3 is 2.23 bits per heavy atom. The number of hydrogen-bond acceptors (Lipinski definition) is 0. The third kappa shape index (κ3) is 3.40. The topological polar surface area (TPSA) is 0 Å². The lowest BCUT2D eigenvalue weighted by Crippen LogP contribution is -2.16. The van der Waals surface area contributed by atoms with Crippen molar-refractivity contribution in [1.82, 2.24) is 0 Å². The Kier molecular flexibility index (Phi) is 4.20. The summed E-state index contributed by atoms with van der Waals surface area (Å²) < 4.78 is 0.324.